The lowest BCUT2D eigenvalue weighted by atomic mass is 9.97. The van der Waals surface area contributed by atoms with Gasteiger partial charge < -0.3 is 29.1 Å². The SMILES string of the molecule is CC(N)CN1CCc2cc3c(cc2C1=O)nc(-c1cc2cccc(OCC(C)n4cnc(F)c4)c2n1CC1CC1)n3C. The number of hydrogen-bond donors (Lipinski definition) is 1. The van der Waals surface area contributed by atoms with Gasteiger partial charge in [0.25, 0.3) is 5.91 Å². The van der Waals surface area contributed by atoms with Crippen molar-refractivity contribution in [1.82, 2.24) is 28.6 Å². The molecule has 1 aliphatic heterocycles. The maximum Gasteiger partial charge on any atom is 0.254 e. The summed E-state index contributed by atoms with van der Waals surface area (Å²) in [5.74, 6) is 1.80. The molecule has 0 spiro atoms. The third-order valence-corrected chi connectivity index (χ3v) is 8.59. The summed E-state index contributed by atoms with van der Waals surface area (Å²) >= 11 is 0. The number of ether oxygens (including phenoxy) is 1. The Morgan fingerprint density at radius 1 is 1.19 bits per heavy atom. The first kappa shape index (κ1) is 26.7. The molecule has 2 atom stereocenters. The van der Waals surface area contributed by atoms with Crippen molar-refractivity contribution < 1.29 is 13.9 Å². The summed E-state index contributed by atoms with van der Waals surface area (Å²) in [7, 11) is 2.05. The van der Waals surface area contributed by atoms with Crippen LogP contribution in [0.2, 0.25) is 0 Å². The lowest BCUT2D eigenvalue weighted by Gasteiger charge is -2.29. The minimum atomic E-state index is -0.498. The molecule has 1 aliphatic carbocycles. The number of aryl methyl sites for hydroxylation is 1. The third kappa shape index (κ3) is 4.73. The molecule has 10 heteroatoms. The molecule has 4 heterocycles. The number of carbonyl (C=O) groups is 1. The topological polar surface area (TPSA) is 96.1 Å². The smallest absolute Gasteiger partial charge is 0.254 e. The molecule has 42 heavy (non-hydrogen) atoms. The van der Waals surface area contributed by atoms with Crippen LogP contribution in [0.15, 0.2) is 48.9 Å². The Kier molecular flexibility index (Phi) is 6.53. The summed E-state index contributed by atoms with van der Waals surface area (Å²) < 4.78 is 26.1. The number of carbonyl (C=O) groups excluding carboxylic acids is 1. The van der Waals surface area contributed by atoms with E-state index in [9.17, 15) is 9.18 Å². The van der Waals surface area contributed by atoms with Gasteiger partial charge in [-0.25, -0.2) is 9.97 Å². The first-order chi connectivity index (χ1) is 20.3. The van der Waals surface area contributed by atoms with Crippen LogP contribution in [0.1, 0.15) is 48.7 Å². The van der Waals surface area contributed by atoms with E-state index in [2.05, 4.69) is 32.3 Å². The van der Waals surface area contributed by atoms with Gasteiger partial charge in [-0.15, -0.1) is 0 Å². The second kappa shape index (κ2) is 10.3. The van der Waals surface area contributed by atoms with E-state index in [0.29, 0.717) is 25.6 Å². The fourth-order valence-corrected chi connectivity index (χ4v) is 6.15. The molecule has 5 aromatic rings. The van der Waals surface area contributed by atoms with Gasteiger partial charge in [0.15, 0.2) is 5.82 Å². The van der Waals surface area contributed by atoms with Crippen molar-refractivity contribution in [3.8, 4) is 17.3 Å². The van der Waals surface area contributed by atoms with Crippen molar-refractivity contribution in [2.45, 2.75) is 51.7 Å². The van der Waals surface area contributed by atoms with Gasteiger partial charge in [0.2, 0.25) is 5.95 Å². The fraction of sp³-hybridized carbons (Fsp3) is 0.406. The van der Waals surface area contributed by atoms with Crippen LogP contribution in [0.4, 0.5) is 4.39 Å². The second-order valence-corrected chi connectivity index (χ2v) is 12.1. The van der Waals surface area contributed by atoms with Crippen LogP contribution >= 0.6 is 0 Å². The molecule has 2 aromatic carbocycles. The molecular weight excluding hydrogens is 533 g/mol. The molecule has 9 nitrogen and oxygen atoms in total. The van der Waals surface area contributed by atoms with Gasteiger partial charge in [-0.3, -0.25) is 4.79 Å². The molecule has 218 valence electrons. The Morgan fingerprint density at radius 2 is 2.02 bits per heavy atom. The molecule has 2 aliphatic rings. The number of halogens is 1. The van der Waals surface area contributed by atoms with Gasteiger partial charge >= 0.3 is 0 Å². The largest absolute Gasteiger partial charge is 0.489 e. The van der Waals surface area contributed by atoms with Crippen LogP contribution in [0, 0.1) is 11.9 Å². The van der Waals surface area contributed by atoms with E-state index < -0.39 is 5.95 Å². The van der Waals surface area contributed by atoms with Gasteiger partial charge in [-0.1, -0.05) is 12.1 Å². The zero-order valence-electron chi connectivity index (χ0n) is 24.3. The average Bonchev–Trinajstić information content (AvgIpc) is 3.42. The van der Waals surface area contributed by atoms with Crippen molar-refractivity contribution in [3.05, 3.63) is 66.0 Å². The number of aromatic nitrogens is 5. The number of benzene rings is 2. The molecular formula is C32H36FN7O2. The molecule has 0 saturated heterocycles. The summed E-state index contributed by atoms with van der Waals surface area (Å²) in [5, 5.41) is 1.08. The highest BCUT2D eigenvalue weighted by Gasteiger charge is 2.29. The zero-order valence-corrected chi connectivity index (χ0v) is 24.3. The highest BCUT2D eigenvalue weighted by Crippen LogP contribution is 2.39. The predicted molar refractivity (Wildman–Crippen MR) is 160 cm³/mol. The van der Waals surface area contributed by atoms with Crippen molar-refractivity contribution in [1.29, 1.82) is 0 Å². The maximum absolute atomic E-state index is 13.5. The number of nitrogens with zero attached hydrogens (tertiary/aromatic N) is 6. The first-order valence-electron chi connectivity index (χ1n) is 14.8. The van der Waals surface area contributed by atoms with E-state index in [4.69, 9.17) is 15.5 Å². The van der Waals surface area contributed by atoms with Gasteiger partial charge in [0.05, 0.1) is 40.8 Å². The molecule has 1 amide bonds. The van der Waals surface area contributed by atoms with E-state index >= 15 is 0 Å². The van der Waals surface area contributed by atoms with Crippen LogP contribution in [0.3, 0.4) is 0 Å². The van der Waals surface area contributed by atoms with Crippen molar-refractivity contribution in [3.63, 3.8) is 0 Å². The van der Waals surface area contributed by atoms with Crippen LogP contribution in [0.25, 0.3) is 33.5 Å². The normalized spacial score (nSPS) is 16.8. The second-order valence-electron chi connectivity index (χ2n) is 12.1. The molecule has 3 aromatic heterocycles. The van der Waals surface area contributed by atoms with Crippen LogP contribution < -0.4 is 10.5 Å². The summed E-state index contributed by atoms with van der Waals surface area (Å²) in [4.78, 5) is 23.9. The Hall–Kier alpha value is -4.18. The highest BCUT2D eigenvalue weighted by molar-refractivity contribution is 6.01. The number of fused-ring (bicyclic) bond motifs is 3. The minimum absolute atomic E-state index is 0.0277. The lowest BCUT2D eigenvalue weighted by Crippen LogP contribution is -2.43. The monoisotopic (exact) mass is 569 g/mol. The number of rotatable bonds is 9. The first-order valence-corrected chi connectivity index (χ1v) is 14.8. The summed E-state index contributed by atoms with van der Waals surface area (Å²) in [6.45, 7) is 6.39. The van der Waals surface area contributed by atoms with E-state index in [-0.39, 0.29) is 18.0 Å². The number of hydrogen-bond acceptors (Lipinski definition) is 5. The Labute approximate surface area is 243 Å². The maximum atomic E-state index is 13.5. The molecule has 0 radical (unpaired) electrons. The Morgan fingerprint density at radius 3 is 2.76 bits per heavy atom. The standard InChI is InChI=1S/C32H36FN7O2/c1-19(34)14-38-10-9-22-11-26-25(13-24(22)32(38)41)36-31(37(26)3)27-12-23-5-4-6-28(30(23)40(27)15-21-7-8-21)42-17-20(2)39-16-29(33)35-18-39/h4-6,11-13,16,18-21H,7-10,14-15,17,34H2,1-3H3. The van der Waals surface area contributed by atoms with Crippen molar-refractivity contribution in [2.75, 3.05) is 19.7 Å². The summed E-state index contributed by atoms with van der Waals surface area (Å²) in [6.07, 6.45) is 6.10. The summed E-state index contributed by atoms with van der Waals surface area (Å²) in [6, 6.07) is 12.2. The molecule has 2 N–H and O–H groups in total. The number of nitrogens with two attached hydrogens (primary N) is 1. The number of amides is 1. The highest BCUT2D eigenvalue weighted by atomic mass is 19.1. The van der Waals surface area contributed by atoms with E-state index in [1.54, 1.807) is 4.57 Å². The number of imidazole rings is 2. The van der Waals surface area contributed by atoms with E-state index in [1.807, 2.05) is 44.0 Å². The molecule has 0 bridgehead atoms. The van der Waals surface area contributed by atoms with Crippen LogP contribution in [0.5, 0.6) is 5.75 Å². The zero-order chi connectivity index (χ0) is 29.1. The van der Waals surface area contributed by atoms with Gasteiger partial charge in [0, 0.05) is 43.7 Å². The summed E-state index contributed by atoms with van der Waals surface area (Å²) in [5.41, 5.74) is 11.7. The number of para-hydroxylation sites is 1. The predicted octanol–water partition coefficient (Wildman–Crippen LogP) is 4.93. The molecule has 7 rings (SSSR count). The quantitative estimate of drug-likeness (QED) is 0.272. The fourth-order valence-electron chi connectivity index (χ4n) is 6.15. The Balaban J connectivity index is 1.28. The van der Waals surface area contributed by atoms with Crippen LogP contribution in [-0.2, 0) is 20.0 Å². The molecule has 1 saturated carbocycles. The van der Waals surface area contributed by atoms with Crippen molar-refractivity contribution in [2.24, 2.45) is 18.7 Å². The van der Waals surface area contributed by atoms with E-state index in [1.165, 1.54) is 25.4 Å². The van der Waals surface area contributed by atoms with E-state index in [0.717, 1.165) is 63.3 Å². The third-order valence-electron chi connectivity index (χ3n) is 8.59. The minimum Gasteiger partial charge on any atom is -0.489 e. The average molecular weight is 570 g/mol. The molecule has 1 fully saturated rings. The van der Waals surface area contributed by atoms with Gasteiger partial charge in [0.1, 0.15) is 12.4 Å². The Bertz CT molecular complexity index is 1810. The lowest BCUT2D eigenvalue weighted by molar-refractivity contribution is 0.0732. The van der Waals surface area contributed by atoms with Gasteiger partial charge in [-0.2, -0.15) is 4.39 Å². The molecule has 2 unspecified atom stereocenters. The van der Waals surface area contributed by atoms with Crippen molar-refractivity contribution >= 4 is 27.8 Å². The van der Waals surface area contributed by atoms with Crippen LogP contribution in [-0.4, -0.2) is 60.2 Å². The van der Waals surface area contributed by atoms with Gasteiger partial charge in [-0.05, 0) is 68.9 Å².